The molecule has 30 heteroatoms. The number of hydrogen-bond acceptors (Lipinski definition) is 20. The molecule has 0 radical (unpaired) electrons. The number of aromatic nitrogens is 5. The average Bonchev–Trinajstić information content (AvgIpc) is 1.63. The molecule has 3 aliphatic rings. The number of benzene rings is 5. The lowest BCUT2D eigenvalue weighted by molar-refractivity contribution is -0.144. The fourth-order valence-corrected chi connectivity index (χ4v) is 12.5. The van der Waals surface area contributed by atoms with E-state index in [2.05, 4.69) is 53.5 Å². The first-order valence-corrected chi connectivity index (χ1v) is 35.7. The van der Waals surface area contributed by atoms with Crippen LogP contribution in [-0.4, -0.2) is 132 Å². The molecular formula is C71H78ClFN8O18S2. The maximum Gasteiger partial charge on any atom is 0.344 e. The second-order valence-corrected chi connectivity index (χ2v) is 28.6. The number of nitrogens with one attached hydrogen (secondary N) is 2. The molecule has 1 saturated carbocycles. The van der Waals surface area contributed by atoms with Crippen molar-refractivity contribution in [2.75, 3.05) is 33.2 Å². The van der Waals surface area contributed by atoms with Crippen LogP contribution in [0.4, 0.5) is 4.39 Å². The van der Waals surface area contributed by atoms with E-state index in [-0.39, 0.29) is 72.5 Å². The number of hydrogen-bond donors (Lipinski definition) is 4. The van der Waals surface area contributed by atoms with Gasteiger partial charge in [-0.25, -0.2) is 49.8 Å². The van der Waals surface area contributed by atoms with Crippen LogP contribution in [0.5, 0.6) is 34.9 Å². The average molecular weight is 1450 g/mol. The zero-order chi connectivity index (χ0) is 73.8. The second kappa shape index (κ2) is 32.8. The van der Waals surface area contributed by atoms with E-state index < -0.39 is 54.9 Å². The number of pyridine rings is 1. The number of nitrogens with zero attached hydrogens (tertiary/aromatic N) is 6. The number of aromatic hydroxyl groups is 1. The molecule has 3 aromatic heterocycles. The number of methoxy groups -OCH3 is 1. The van der Waals surface area contributed by atoms with Crippen LogP contribution in [0.2, 0.25) is 5.02 Å². The molecule has 1 aliphatic carbocycles. The molecular weight excluding hydrogens is 1370 g/mol. The monoisotopic (exact) mass is 1450 g/mol. The molecule has 0 saturated heterocycles. The summed E-state index contributed by atoms with van der Waals surface area (Å²) in [6.07, 6.45) is 6.67. The third-order valence-corrected chi connectivity index (χ3v) is 18.5. The highest BCUT2D eigenvalue weighted by Gasteiger charge is 2.34. The SMILES string of the molecule is CCc1cc(C)cc(CC)c1-c1c(OC(=O)C(C)(C)C)n2n(c1=O)CCOCC2.COc1ccccc1C(=O)NS(=O)(=O)c1ccc(C(=O)NC2CC2)cc1.C[C@@H](Oc1ccc(Oc2ncc(Cl)cc2F)cc1)C(=O)O.Cc1c(C(=O)c2cnn(C)c2O)ccc(S(C)(=O)=O)c1C1=NOCC1. The molecule has 0 spiro atoms. The van der Waals surface area contributed by atoms with Crippen LogP contribution < -0.4 is 34.5 Å². The number of esters is 1. The standard InChI is InChI=1S/C23H32N2O4.C18H18N2O5S.C16H17N3O5S.C14H11ClFNO4/c1-7-16-13-15(3)14-17(8-2)18(16)19-20(26)24-9-11-28-12-10-25(24)21(19)29-22(27)23(4,5)6;1-25-16-5-3-2-4-15(16)18(22)20-26(23,24)14-10-6-12(7-11-14)17(21)19-13-8-9-13;1-9-10(15(20)11-8-17-19(2)16(11)21)4-5-13(25(3,22)23)14(9)12-6-7-24-18-12;1-8(14(18)19)20-10-2-4-11(5-3-10)21-13-12(16)6-9(15)7-17-13/h13-14H,7-12H2,1-6H3;2-7,10-11,13H,8-9H2,1H3,(H,19,21)(H,20,22);4-5,8,21H,6-7H2,1-3H3;2-8H,1H3,(H,18,19)/t;;;8-/m...1/s1. The number of oxime groups is 1. The number of ether oxygens (including phenoxy) is 5. The fraction of sp³-hybridized carbons (Fsp3) is 0.338. The summed E-state index contributed by atoms with van der Waals surface area (Å²) in [6.45, 7) is 17.0. The highest BCUT2D eigenvalue weighted by Crippen LogP contribution is 2.37. The van der Waals surface area contributed by atoms with Crippen LogP contribution in [0.3, 0.4) is 0 Å². The Hall–Kier alpha value is -10.2. The van der Waals surface area contributed by atoms with E-state index in [0.29, 0.717) is 84.7 Å². The van der Waals surface area contributed by atoms with E-state index in [1.807, 2.05) is 25.5 Å². The van der Waals surface area contributed by atoms with Gasteiger partial charge < -0.3 is 44.1 Å². The number of rotatable bonds is 19. The molecule has 101 heavy (non-hydrogen) atoms. The number of carboxylic acids is 1. The smallest absolute Gasteiger partial charge is 0.344 e. The third kappa shape index (κ3) is 19.0. The quantitative estimate of drug-likeness (QED) is 0.0432. The summed E-state index contributed by atoms with van der Waals surface area (Å²) in [4.78, 5) is 82.7. The molecule has 8 aromatic rings. The van der Waals surface area contributed by atoms with Crippen LogP contribution in [0, 0.1) is 25.1 Å². The topological polar surface area (TPSA) is 344 Å². The van der Waals surface area contributed by atoms with E-state index in [1.54, 1.807) is 34.5 Å². The van der Waals surface area contributed by atoms with Gasteiger partial charge in [0.1, 0.15) is 35.0 Å². The Balaban J connectivity index is 0.000000172. The van der Waals surface area contributed by atoms with Crippen molar-refractivity contribution in [1.29, 1.82) is 0 Å². The van der Waals surface area contributed by atoms with Gasteiger partial charge in [0.15, 0.2) is 27.5 Å². The summed E-state index contributed by atoms with van der Waals surface area (Å²) in [5.41, 5.74) is 6.14. The Morgan fingerprint density at radius 3 is 1.99 bits per heavy atom. The van der Waals surface area contributed by atoms with Crippen molar-refractivity contribution >= 4 is 66.7 Å². The van der Waals surface area contributed by atoms with Crippen molar-refractivity contribution < 1.29 is 83.9 Å². The number of fused-ring (bicyclic) bond motifs is 1. The van der Waals surface area contributed by atoms with Crippen LogP contribution >= 0.6 is 11.6 Å². The summed E-state index contributed by atoms with van der Waals surface area (Å²) in [6, 6.07) is 26.2. The van der Waals surface area contributed by atoms with Crippen LogP contribution in [0.1, 0.15) is 125 Å². The maximum atomic E-state index is 13.5. The van der Waals surface area contributed by atoms with Crippen molar-refractivity contribution in [3.8, 4) is 46.0 Å². The number of aryl methyl sites for hydroxylation is 4. The number of ketones is 1. The van der Waals surface area contributed by atoms with Gasteiger partial charge in [-0.2, -0.15) is 5.10 Å². The summed E-state index contributed by atoms with van der Waals surface area (Å²) < 4.78 is 96.2. The molecule has 5 aromatic carbocycles. The molecule has 1 fully saturated rings. The number of sulfonamides is 1. The molecule has 0 bridgehead atoms. The molecule has 2 aliphatic heterocycles. The number of amides is 2. The van der Waals surface area contributed by atoms with Gasteiger partial charge in [-0.1, -0.05) is 60.4 Å². The molecule has 536 valence electrons. The minimum Gasteiger partial charge on any atom is -0.496 e. The van der Waals surface area contributed by atoms with E-state index in [9.17, 15) is 55.1 Å². The lowest BCUT2D eigenvalue weighted by Gasteiger charge is -2.19. The molecule has 26 nitrogen and oxygen atoms in total. The summed E-state index contributed by atoms with van der Waals surface area (Å²) in [5, 5.41) is 29.5. The van der Waals surface area contributed by atoms with Crippen LogP contribution in [-0.2, 0) is 72.0 Å². The third-order valence-electron chi connectivity index (χ3n) is 15.8. The van der Waals surface area contributed by atoms with Gasteiger partial charge in [-0.05, 0) is 168 Å². The summed E-state index contributed by atoms with van der Waals surface area (Å²) in [7, 11) is -4.68. The van der Waals surface area contributed by atoms with Crippen LogP contribution in [0.15, 0.2) is 135 Å². The van der Waals surface area contributed by atoms with E-state index in [0.717, 1.165) is 54.7 Å². The highest BCUT2D eigenvalue weighted by atomic mass is 35.5. The Kier molecular flexibility index (Phi) is 24.9. The van der Waals surface area contributed by atoms with Crippen molar-refractivity contribution in [2.24, 2.45) is 17.6 Å². The largest absolute Gasteiger partial charge is 0.496 e. The maximum absolute atomic E-state index is 13.5. The van der Waals surface area contributed by atoms with Gasteiger partial charge in [0.2, 0.25) is 11.8 Å². The predicted molar refractivity (Wildman–Crippen MR) is 371 cm³/mol. The first-order chi connectivity index (χ1) is 47.8. The van der Waals surface area contributed by atoms with Gasteiger partial charge in [-0.3, -0.25) is 24.0 Å². The number of carbonyl (C=O) groups excluding carboxylic acids is 4. The number of aliphatic carboxylic acids is 1. The minimum absolute atomic E-state index is 0.0493. The Labute approximate surface area is 587 Å². The van der Waals surface area contributed by atoms with Gasteiger partial charge in [0.25, 0.3) is 33.3 Å². The van der Waals surface area contributed by atoms with Gasteiger partial charge in [0, 0.05) is 48.7 Å². The first kappa shape index (κ1) is 76.5. The Morgan fingerprint density at radius 1 is 0.802 bits per heavy atom. The fourth-order valence-electron chi connectivity index (χ4n) is 10.4. The number of halogens is 2. The van der Waals surface area contributed by atoms with Crippen molar-refractivity contribution in [2.45, 2.75) is 123 Å². The zero-order valence-corrected chi connectivity index (χ0v) is 59.8. The summed E-state index contributed by atoms with van der Waals surface area (Å²) >= 11 is 5.59. The second-order valence-electron chi connectivity index (χ2n) is 24.5. The van der Waals surface area contributed by atoms with Gasteiger partial charge >= 0.3 is 11.9 Å². The predicted octanol–water partition coefficient (Wildman–Crippen LogP) is 10.1. The van der Waals surface area contributed by atoms with Crippen LogP contribution in [0.25, 0.3) is 11.1 Å². The van der Waals surface area contributed by atoms with E-state index >= 15 is 0 Å². The summed E-state index contributed by atoms with van der Waals surface area (Å²) in [5.74, 6) is -2.72. The number of sulfone groups is 1. The number of para-hydroxylation sites is 1. The normalized spacial score (nSPS) is 13.7. The Bertz CT molecular complexity index is 4730. The van der Waals surface area contributed by atoms with Gasteiger partial charge in [0.05, 0.1) is 71.1 Å². The van der Waals surface area contributed by atoms with E-state index in [1.165, 1.54) is 110 Å². The molecule has 5 heterocycles. The minimum atomic E-state index is -4.07. The Morgan fingerprint density at radius 2 is 1.44 bits per heavy atom. The molecule has 11 rings (SSSR count). The number of carboxylic acid groups (broad SMARTS) is 1. The van der Waals surface area contributed by atoms with Crippen molar-refractivity contribution in [3.05, 3.63) is 187 Å². The highest BCUT2D eigenvalue weighted by molar-refractivity contribution is 7.91. The molecule has 1 atom stereocenters. The zero-order valence-electron chi connectivity index (χ0n) is 57.4. The van der Waals surface area contributed by atoms with E-state index in [4.69, 9.17) is 45.2 Å². The van der Waals surface area contributed by atoms with Crippen molar-refractivity contribution in [1.82, 2.24) is 34.2 Å². The first-order valence-electron chi connectivity index (χ1n) is 31.9. The molecule has 0 unspecified atom stereocenters. The molecule has 2 amide bonds. The number of carbonyl (C=O) groups is 5. The lowest BCUT2D eigenvalue weighted by Crippen LogP contribution is -2.31. The van der Waals surface area contributed by atoms with Gasteiger partial charge in [-0.15, -0.1) is 0 Å². The lowest BCUT2D eigenvalue weighted by atomic mass is 9.91. The molecule has 4 N–H and O–H groups in total. The van der Waals surface area contributed by atoms with Crippen molar-refractivity contribution in [3.63, 3.8) is 0 Å².